The van der Waals surface area contributed by atoms with Gasteiger partial charge < -0.3 is 14.6 Å². The predicted octanol–water partition coefficient (Wildman–Crippen LogP) is 3.10. The average molecular weight is 347 g/mol. The van der Waals surface area contributed by atoms with Crippen LogP contribution in [0.1, 0.15) is 12.0 Å². The summed E-state index contributed by atoms with van der Waals surface area (Å²) in [6, 6.07) is 16.1. The van der Waals surface area contributed by atoms with Crippen LogP contribution in [-0.2, 0) is 11.3 Å². The van der Waals surface area contributed by atoms with Crippen molar-refractivity contribution in [2.75, 3.05) is 33.4 Å². The number of hydrogen-bond donors (Lipinski definition) is 1. The number of hydrogen-bond acceptors (Lipinski definition) is 4. The molecular weight excluding hydrogens is 321 g/mol. The summed E-state index contributed by atoms with van der Waals surface area (Å²) >= 11 is 0. The van der Waals surface area contributed by atoms with E-state index >= 15 is 0 Å². The topological polar surface area (TPSA) is 41.9 Å². The molecule has 0 saturated carbocycles. The number of ether oxygens (including phenoxy) is 2. The second-order valence-electron chi connectivity index (χ2n) is 5.95. The van der Waals surface area contributed by atoms with Gasteiger partial charge in [0.15, 0.2) is 0 Å². The van der Waals surface area contributed by atoms with Crippen LogP contribution in [-0.4, -0.2) is 49.5 Å². The predicted molar refractivity (Wildman–Crippen MR) is 96.1 cm³/mol. The van der Waals surface area contributed by atoms with Gasteiger partial charge in [-0.25, -0.2) is 4.39 Å². The first-order valence-corrected chi connectivity index (χ1v) is 8.49. The SMILES string of the molecule is COCCCN(Cc1ccccc1F)C[C@@H](O)COc1ccccc1. The lowest BCUT2D eigenvalue weighted by atomic mass is 10.2. The van der Waals surface area contributed by atoms with Gasteiger partial charge in [-0.15, -0.1) is 0 Å². The molecule has 0 saturated heterocycles. The summed E-state index contributed by atoms with van der Waals surface area (Å²) in [7, 11) is 1.66. The normalized spacial score (nSPS) is 12.3. The summed E-state index contributed by atoms with van der Waals surface area (Å²) in [6.45, 7) is 2.39. The van der Waals surface area contributed by atoms with Crippen LogP contribution in [0, 0.1) is 5.82 Å². The molecule has 5 heteroatoms. The summed E-state index contributed by atoms with van der Waals surface area (Å²) < 4.78 is 24.6. The Balaban J connectivity index is 1.89. The molecule has 0 aliphatic carbocycles. The molecule has 0 amide bonds. The van der Waals surface area contributed by atoms with Gasteiger partial charge in [-0.1, -0.05) is 36.4 Å². The molecule has 2 aromatic carbocycles. The van der Waals surface area contributed by atoms with Gasteiger partial charge in [0.25, 0.3) is 0 Å². The molecule has 2 aromatic rings. The number of benzene rings is 2. The standard InChI is InChI=1S/C20H26FNO3/c1-24-13-7-12-22(14-17-8-5-6-11-20(17)21)15-18(23)16-25-19-9-3-2-4-10-19/h2-6,8-11,18,23H,7,12-16H2,1H3/t18-/m1/s1. The van der Waals surface area contributed by atoms with Crippen LogP contribution in [0.15, 0.2) is 54.6 Å². The largest absolute Gasteiger partial charge is 0.491 e. The van der Waals surface area contributed by atoms with Gasteiger partial charge in [0.1, 0.15) is 24.3 Å². The number of nitrogens with zero attached hydrogens (tertiary/aromatic N) is 1. The Bertz CT molecular complexity index is 609. The van der Waals surface area contributed by atoms with Crippen LogP contribution in [0.4, 0.5) is 4.39 Å². The van der Waals surface area contributed by atoms with E-state index in [4.69, 9.17) is 9.47 Å². The van der Waals surface area contributed by atoms with Gasteiger partial charge in [0, 0.05) is 38.9 Å². The fourth-order valence-corrected chi connectivity index (χ4v) is 2.59. The summed E-state index contributed by atoms with van der Waals surface area (Å²) in [4.78, 5) is 2.02. The minimum Gasteiger partial charge on any atom is -0.491 e. The van der Waals surface area contributed by atoms with Crippen LogP contribution >= 0.6 is 0 Å². The van der Waals surface area contributed by atoms with Crippen molar-refractivity contribution >= 4 is 0 Å². The number of para-hydroxylation sites is 1. The highest BCUT2D eigenvalue weighted by atomic mass is 19.1. The van der Waals surface area contributed by atoms with Gasteiger partial charge in [0.05, 0.1) is 0 Å². The van der Waals surface area contributed by atoms with Crippen LogP contribution in [0.3, 0.4) is 0 Å². The third-order valence-corrected chi connectivity index (χ3v) is 3.83. The van der Waals surface area contributed by atoms with Crippen LogP contribution in [0.2, 0.25) is 0 Å². The highest BCUT2D eigenvalue weighted by Gasteiger charge is 2.14. The number of rotatable bonds is 11. The van der Waals surface area contributed by atoms with Crippen molar-refractivity contribution in [3.8, 4) is 5.75 Å². The fraction of sp³-hybridized carbons (Fsp3) is 0.400. The second kappa shape index (κ2) is 10.8. The Kier molecular flexibility index (Phi) is 8.39. The molecule has 136 valence electrons. The van der Waals surface area contributed by atoms with E-state index in [-0.39, 0.29) is 12.4 Å². The maximum atomic E-state index is 13.9. The molecule has 0 aliphatic heterocycles. The van der Waals surface area contributed by atoms with E-state index in [9.17, 15) is 9.50 Å². The summed E-state index contributed by atoms with van der Waals surface area (Å²) in [5.74, 6) is 0.496. The summed E-state index contributed by atoms with van der Waals surface area (Å²) in [5, 5.41) is 10.3. The molecule has 0 unspecified atom stereocenters. The first kappa shape index (κ1) is 19.4. The zero-order valence-corrected chi connectivity index (χ0v) is 14.6. The molecule has 25 heavy (non-hydrogen) atoms. The lowest BCUT2D eigenvalue weighted by molar-refractivity contribution is 0.0614. The van der Waals surface area contributed by atoms with Gasteiger partial charge in [-0.05, 0) is 24.6 Å². The number of halogens is 1. The number of methoxy groups -OCH3 is 1. The Morgan fingerprint density at radius 3 is 2.52 bits per heavy atom. The minimum atomic E-state index is -0.658. The smallest absolute Gasteiger partial charge is 0.127 e. The van der Waals surface area contributed by atoms with E-state index in [1.807, 2.05) is 41.3 Å². The van der Waals surface area contributed by atoms with E-state index in [0.29, 0.717) is 31.8 Å². The minimum absolute atomic E-state index is 0.196. The molecule has 0 radical (unpaired) electrons. The van der Waals surface area contributed by atoms with E-state index in [1.165, 1.54) is 6.07 Å². The van der Waals surface area contributed by atoms with Crippen molar-refractivity contribution in [2.24, 2.45) is 0 Å². The Morgan fingerprint density at radius 1 is 1.08 bits per heavy atom. The molecule has 0 aromatic heterocycles. The number of aliphatic hydroxyl groups excluding tert-OH is 1. The van der Waals surface area contributed by atoms with Crippen molar-refractivity contribution in [1.29, 1.82) is 0 Å². The van der Waals surface area contributed by atoms with Crippen LogP contribution in [0.5, 0.6) is 5.75 Å². The third kappa shape index (κ3) is 7.22. The average Bonchev–Trinajstić information content (AvgIpc) is 2.63. The van der Waals surface area contributed by atoms with Crippen LogP contribution < -0.4 is 4.74 Å². The fourth-order valence-electron chi connectivity index (χ4n) is 2.59. The highest BCUT2D eigenvalue weighted by Crippen LogP contribution is 2.12. The van der Waals surface area contributed by atoms with Crippen molar-refractivity contribution in [2.45, 2.75) is 19.1 Å². The monoisotopic (exact) mass is 347 g/mol. The first-order chi connectivity index (χ1) is 12.2. The third-order valence-electron chi connectivity index (χ3n) is 3.83. The Hall–Kier alpha value is -1.95. The van der Waals surface area contributed by atoms with E-state index < -0.39 is 6.10 Å². The first-order valence-electron chi connectivity index (χ1n) is 8.49. The summed E-state index contributed by atoms with van der Waals surface area (Å²) in [5.41, 5.74) is 0.621. The van der Waals surface area contributed by atoms with Crippen molar-refractivity contribution in [1.82, 2.24) is 4.90 Å². The molecule has 0 heterocycles. The van der Waals surface area contributed by atoms with E-state index in [2.05, 4.69) is 0 Å². The molecule has 0 bridgehead atoms. The maximum absolute atomic E-state index is 13.9. The molecule has 0 fully saturated rings. The quantitative estimate of drug-likeness (QED) is 0.634. The Morgan fingerprint density at radius 2 is 1.80 bits per heavy atom. The number of aliphatic hydroxyl groups is 1. The van der Waals surface area contributed by atoms with Gasteiger partial charge in [-0.3, -0.25) is 4.90 Å². The van der Waals surface area contributed by atoms with Crippen molar-refractivity contribution < 1.29 is 19.0 Å². The molecular formula is C20H26FNO3. The zero-order chi connectivity index (χ0) is 17.9. The van der Waals surface area contributed by atoms with E-state index in [0.717, 1.165) is 12.2 Å². The Labute approximate surface area is 148 Å². The van der Waals surface area contributed by atoms with Gasteiger partial charge in [0.2, 0.25) is 0 Å². The lowest BCUT2D eigenvalue weighted by Crippen LogP contribution is -2.36. The maximum Gasteiger partial charge on any atom is 0.127 e. The highest BCUT2D eigenvalue weighted by molar-refractivity contribution is 5.21. The second-order valence-corrected chi connectivity index (χ2v) is 5.95. The van der Waals surface area contributed by atoms with Gasteiger partial charge >= 0.3 is 0 Å². The van der Waals surface area contributed by atoms with Gasteiger partial charge in [-0.2, -0.15) is 0 Å². The molecule has 0 aliphatic rings. The molecule has 1 atom stereocenters. The van der Waals surface area contributed by atoms with E-state index in [1.54, 1.807) is 19.2 Å². The van der Waals surface area contributed by atoms with Crippen LogP contribution in [0.25, 0.3) is 0 Å². The van der Waals surface area contributed by atoms with Crippen molar-refractivity contribution in [3.63, 3.8) is 0 Å². The summed E-state index contributed by atoms with van der Waals surface area (Å²) in [6.07, 6.45) is 0.159. The zero-order valence-electron chi connectivity index (χ0n) is 14.6. The molecule has 1 N–H and O–H groups in total. The lowest BCUT2D eigenvalue weighted by Gasteiger charge is -2.25. The molecule has 0 spiro atoms. The molecule has 4 nitrogen and oxygen atoms in total. The molecule has 2 rings (SSSR count). The van der Waals surface area contributed by atoms with Crippen molar-refractivity contribution in [3.05, 3.63) is 66.0 Å².